The van der Waals surface area contributed by atoms with Crippen LogP contribution in [0.1, 0.15) is 44.9 Å². The third-order valence-electron chi connectivity index (χ3n) is 4.21. The molecule has 2 atom stereocenters. The normalized spacial score (nSPS) is 26.2. The van der Waals surface area contributed by atoms with Crippen molar-refractivity contribution in [2.24, 2.45) is 17.8 Å². The van der Waals surface area contributed by atoms with Crippen molar-refractivity contribution in [3.05, 3.63) is 0 Å². The first-order valence-electron chi connectivity index (χ1n) is 7.75. The van der Waals surface area contributed by atoms with Gasteiger partial charge in [0.05, 0.1) is 5.92 Å². The van der Waals surface area contributed by atoms with Gasteiger partial charge in [0.25, 0.3) is 0 Å². The summed E-state index contributed by atoms with van der Waals surface area (Å²) in [7, 11) is 0. The molecule has 2 N–H and O–H groups in total. The zero-order valence-electron chi connectivity index (χ0n) is 12.0. The summed E-state index contributed by atoms with van der Waals surface area (Å²) in [5.74, 6) is -0.451. The first kappa shape index (κ1) is 15.3. The molecular weight excluding hydrogens is 258 g/mol. The van der Waals surface area contributed by atoms with E-state index in [4.69, 9.17) is 9.84 Å². The van der Waals surface area contributed by atoms with Crippen molar-refractivity contribution in [3.8, 4) is 0 Å². The summed E-state index contributed by atoms with van der Waals surface area (Å²) in [6, 6.07) is 0. The Balaban J connectivity index is 1.55. The Morgan fingerprint density at radius 2 is 1.90 bits per heavy atom. The van der Waals surface area contributed by atoms with Crippen LogP contribution in [0.25, 0.3) is 0 Å². The van der Waals surface area contributed by atoms with Crippen LogP contribution in [0.4, 0.5) is 0 Å². The van der Waals surface area contributed by atoms with Crippen molar-refractivity contribution in [1.29, 1.82) is 0 Å². The summed E-state index contributed by atoms with van der Waals surface area (Å²) in [6.07, 6.45) is 6.25. The molecule has 2 aliphatic carbocycles. The quantitative estimate of drug-likeness (QED) is 0.666. The summed E-state index contributed by atoms with van der Waals surface area (Å²) in [5, 5.41) is 11.9. The summed E-state index contributed by atoms with van der Waals surface area (Å²) < 4.78 is 5.50. The highest BCUT2D eigenvalue weighted by molar-refractivity contribution is 5.80. The van der Waals surface area contributed by atoms with E-state index in [9.17, 15) is 9.59 Å². The topological polar surface area (TPSA) is 75.6 Å². The highest BCUT2D eigenvalue weighted by atomic mass is 16.5. The van der Waals surface area contributed by atoms with Crippen LogP contribution in [-0.2, 0) is 14.3 Å². The molecule has 0 saturated heterocycles. The molecule has 0 aliphatic heterocycles. The van der Waals surface area contributed by atoms with Crippen LogP contribution >= 0.6 is 0 Å². The molecule has 2 aliphatic rings. The Kier molecular flexibility index (Phi) is 5.83. The van der Waals surface area contributed by atoms with E-state index >= 15 is 0 Å². The van der Waals surface area contributed by atoms with Crippen LogP contribution in [-0.4, -0.2) is 36.7 Å². The summed E-state index contributed by atoms with van der Waals surface area (Å²) >= 11 is 0. The van der Waals surface area contributed by atoms with Gasteiger partial charge in [-0.2, -0.15) is 0 Å². The fourth-order valence-corrected chi connectivity index (χ4v) is 2.72. The molecule has 0 heterocycles. The van der Waals surface area contributed by atoms with E-state index in [1.54, 1.807) is 0 Å². The van der Waals surface area contributed by atoms with E-state index in [-0.39, 0.29) is 17.7 Å². The molecule has 2 unspecified atom stereocenters. The Morgan fingerprint density at radius 1 is 1.15 bits per heavy atom. The monoisotopic (exact) mass is 283 g/mol. The SMILES string of the molecule is O=C(O)C1CCCC(C(=O)NCCCOCC2CC2)C1. The van der Waals surface area contributed by atoms with E-state index in [2.05, 4.69) is 5.32 Å². The highest BCUT2D eigenvalue weighted by Crippen LogP contribution is 2.29. The number of carbonyl (C=O) groups excluding carboxylic acids is 1. The van der Waals surface area contributed by atoms with Crippen LogP contribution < -0.4 is 5.32 Å². The largest absolute Gasteiger partial charge is 0.481 e. The van der Waals surface area contributed by atoms with Crippen molar-refractivity contribution >= 4 is 11.9 Å². The minimum absolute atomic E-state index is 0.0122. The average Bonchev–Trinajstić information content (AvgIpc) is 3.26. The summed E-state index contributed by atoms with van der Waals surface area (Å²) in [5.41, 5.74) is 0. The zero-order chi connectivity index (χ0) is 14.4. The number of carboxylic acid groups (broad SMARTS) is 1. The number of amides is 1. The molecule has 0 aromatic carbocycles. The molecule has 0 radical (unpaired) electrons. The van der Waals surface area contributed by atoms with Crippen LogP contribution in [0.15, 0.2) is 0 Å². The van der Waals surface area contributed by atoms with E-state index in [1.807, 2.05) is 0 Å². The first-order chi connectivity index (χ1) is 9.66. The van der Waals surface area contributed by atoms with Gasteiger partial charge in [-0.25, -0.2) is 0 Å². The molecule has 0 aromatic rings. The van der Waals surface area contributed by atoms with E-state index < -0.39 is 5.97 Å². The average molecular weight is 283 g/mol. The Labute approximate surface area is 120 Å². The predicted molar refractivity (Wildman–Crippen MR) is 74.3 cm³/mol. The molecule has 5 nitrogen and oxygen atoms in total. The number of rotatable bonds is 8. The molecule has 0 aromatic heterocycles. The molecule has 114 valence electrons. The fraction of sp³-hybridized carbons (Fsp3) is 0.867. The van der Waals surface area contributed by atoms with Crippen molar-refractivity contribution in [2.45, 2.75) is 44.9 Å². The van der Waals surface area contributed by atoms with E-state index in [1.165, 1.54) is 12.8 Å². The van der Waals surface area contributed by atoms with Gasteiger partial charge in [0.1, 0.15) is 0 Å². The second-order valence-corrected chi connectivity index (χ2v) is 6.06. The number of hydrogen-bond acceptors (Lipinski definition) is 3. The number of carboxylic acids is 1. The lowest BCUT2D eigenvalue weighted by molar-refractivity contribution is -0.144. The maximum atomic E-state index is 12.0. The minimum Gasteiger partial charge on any atom is -0.481 e. The third-order valence-corrected chi connectivity index (χ3v) is 4.21. The van der Waals surface area contributed by atoms with Gasteiger partial charge in [-0.15, -0.1) is 0 Å². The molecule has 1 amide bonds. The second-order valence-electron chi connectivity index (χ2n) is 6.06. The summed E-state index contributed by atoms with van der Waals surface area (Å²) in [6.45, 7) is 2.17. The first-order valence-corrected chi connectivity index (χ1v) is 7.75. The lowest BCUT2D eigenvalue weighted by Gasteiger charge is -2.25. The fourth-order valence-electron chi connectivity index (χ4n) is 2.72. The lowest BCUT2D eigenvalue weighted by atomic mass is 9.81. The second kappa shape index (κ2) is 7.62. The third kappa shape index (κ3) is 5.12. The zero-order valence-corrected chi connectivity index (χ0v) is 12.0. The highest BCUT2D eigenvalue weighted by Gasteiger charge is 2.30. The number of hydrogen-bond donors (Lipinski definition) is 2. The predicted octanol–water partition coefficient (Wildman–Crippen LogP) is 1.81. The van der Waals surface area contributed by atoms with Gasteiger partial charge in [0.15, 0.2) is 0 Å². The Morgan fingerprint density at radius 3 is 2.60 bits per heavy atom. The molecule has 2 rings (SSSR count). The Hall–Kier alpha value is -1.10. The van der Waals surface area contributed by atoms with Gasteiger partial charge in [0, 0.05) is 25.7 Å². The molecule has 20 heavy (non-hydrogen) atoms. The van der Waals surface area contributed by atoms with Gasteiger partial charge in [-0.3, -0.25) is 9.59 Å². The van der Waals surface area contributed by atoms with Crippen molar-refractivity contribution in [1.82, 2.24) is 5.32 Å². The molecule has 5 heteroatoms. The maximum Gasteiger partial charge on any atom is 0.306 e. The molecular formula is C15H25NO4. The van der Waals surface area contributed by atoms with Crippen LogP contribution in [0.5, 0.6) is 0 Å². The van der Waals surface area contributed by atoms with Crippen LogP contribution in [0.3, 0.4) is 0 Å². The minimum atomic E-state index is -0.768. The van der Waals surface area contributed by atoms with Crippen molar-refractivity contribution in [2.75, 3.05) is 19.8 Å². The van der Waals surface area contributed by atoms with Crippen LogP contribution in [0.2, 0.25) is 0 Å². The van der Waals surface area contributed by atoms with E-state index in [0.29, 0.717) is 26.0 Å². The summed E-state index contributed by atoms with van der Waals surface area (Å²) in [4.78, 5) is 22.9. The lowest BCUT2D eigenvalue weighted by Crippen LogP contribution is -2.36. The van der Waals surface area contributed by atoms with Gasteiger partial charge in [0.2, 0.25) is 5.91 Å². The van der Waals surface area contributed by atoms with Gasteiger partial charge < -0.3 is 15.2 Å². The molecule has 2 fully saturated rings. The standard InChI is InChI=1S/C15H25NO4/c17-14(12-3-1-4-13(9-12)15(18)19)16-7-2-8-20-10-11-5-6-11/h11-13H,1-10H2,(H,16,17)(H,18,19). The van der Waals surface area contributed by atoms with Crippen LogP contribution in [0, 0.1) is 17.8 Å². The Bertz CT molecular complexity index is 341. The number of carbonyl (C=O) groups is 2. The van der Waals surface area contributed by atoms with Crippen molar-refractivity contribution in [3.63, 3.8) is 0 Å². The molecule has 0 spiro atoms. The van der Waals surface area contributed by atoms with Gasteiger partial charge in [-0.1, -0.05) is 6.42 Å². The smallest absolute Gasteiger partial charge is 0.306 e. The van der Waals surface area contributed by atoms with Crippen molar-refractivity contribution < 1.29 is 19.4 Å². The number of aliphatic carboxylic acids is 1. The van der Waals surface area contributed by atoms with Gasteiger partial charge in [-0.05, 0) is 44.4 Å². The molecule has 2 saturated carbocycles. The van der Waals surface area contributed by atoms with E-state index in [0.717, 1.165) is 31.8 Å². The maximum absolute atomic E-state index is 12.0. The number of nitrogens with one attached hydrogen (secondary N) is 1. The number of ether oxygens (including phenoxy) is 1. The molecule has 0 bridgehead atoms. The van der Waals surface area contributed by atoms with Gasteiger partial charge >= 0.3 is 5.97 Å².